The molecule has 1 amide bonds. The average molecular weight is 1210 g/mol. The molecule has 4 aliphatic rings. The van der Waals surface area contributed by atoms with Gasteiger partial charge in [0.25, 0.3) is 22.9 Å². The van der Waals surface area contributed by atoms with E-state index in [2.05, 4.69) is 33.8 Å². The van der Waals surface area contributed by atoms with E-state index in [1.165, 1.54) is 77.3 Å². The summed E-state index contributed by atoms with van der Waals surface area (Å²) in [5, 5.41) is 16.4. The maximum absolute atomic E-state index is 13.2. The minimum atomic E-state index is -4.05. The summed E-state index contributed by atoms with van der Waals surface area (Å²) in [6.45, 7) is 11.3. The van der Waals surface area contributed by atoms with Crippen molar-refractivity contribution in [1.82, 2.24) is 22.5 Å². The summed E-state index contributed by atoms with van der Waals surface area (Å²) >= 11 is 0. The molecule has 6 aromatic rings. The van der Waals surface area contributed by atoms with Crippen molar-refractivity contribution in [1.29, 1.82) is 0 Å². The number of carboxylic acid groups (broad SMARTS) is 1. The highest BCUT2D eigenvalue weighted by atomic mass is 32.2. The van der Waals surface area contributed by atoms with Gasteiger partial charge in [-0.3, -0.25) is 9.18 Å². The Bertz CT molecular complexity index is 3880. The SMILES string of the molecule is C=CCN(C)S(=O)(=O)NC(=O)c1ccc2c(C3CCCCC3)c3n(c2c1)CC(C(=O)OC)=Cc1cc(OC)ccc1-3.C=CCN(C)S(N)(=O)=O.C=[O+]c1ccc2c(c1)C=C(C(=O)OC)Cn1c-2c(C2CCCCC2)c2ccc(C(=O)O)cc21.[2H]CF. The van der Waals surface area contributed by atoms with Gasteiger partial charge >= 0.3 is 33.9 Å². The molecule has 0 spiro atoms. The molecule has 10 rings (SSSR count). The smallest absolute Gasteiger partial charge is 0.352 e. The van der Waals surface area contributed by atoms with E-state index in [0.29, 0.717) is 41.0 Å². The minimum Gasteiger partial charge on any atom is -0.497 e. The van der Waals surface area contributed by atoms with Crippen molar-refractivity contribution in [2.75, 3.05) is 55.7 Å². The summed E-state index contributed by atoms with van der Waals surface area (Å²) in [4.78, 5) is 50.5. The number of hydrogen-bond donors (Lipinski definition) is 3. The zero-order valence-corrected chi connectivity index (χ0v) is 50.2. The van der Waals surface area contributed by atoms with Crippen LogP contribution in [0.4, 0.5) is 4.39 Å². The Morgan fingerprint density at radius 3 is 1.61 bits per heavy atom. The van der Waals surface area contributed by atoms with Crippen LogP contribution in [0.3, 0.4) is 0 Å². The number of ether oxygens (including phenoxy) is 3. The van der Waals surface area contributed by atoms with E-state index in [0.717, 1.165) is 103 Å². The van der Waals surface area contributed by atoms with E-state index in [1.807, 2.05) is 60.7 Å². The monoisotopic (exact) mass is 1210 g/mol. The lowest BCUT2D eigenvalue weighted by molar-refractivity contribution is -0.354. The largest absolute Gasteiger partial charge is 0.497 e. The number of likely N-dealkylation sites (N-methyl/N-ethyl adjacent to an activating group) is 2. The Labute approximate surface area is 497 Å². The van der Waals surface area contributed by atoms with Gasteiger partial charge in [0.1, 0.15) is 5.75 Å². The third-order valence-corrected chi connectivity index (χ3v) is 18.2. The van der Waals surface area contributed by atoms with Gasteiger partial charge in [-0.2, -0.15) is 25.4 Å². The van der Waals surface area contributed by atoms with E-state index in [4.69, 9.17) is 25.1 Å². The number of esters is 2. The van der Waals surface area contributed by atoms with Gasteiger partial charge in [0, 0.05) is 71.7 Å². The third kappa shape index (κ3) is 14.2. The summed E-state index contributed by atoms with van der Waals surface area (Å²) in [7, 11) is -1.47. The molecule has 0 bridgehead atoms. The van der Waals surface area contributed by atoms with Gasteiger partial charge in [-0.15, -0.1) is 13.2 Å². The number of fused-ring (bicyclic) bond motifs is 10. The number of aromatic nitrogens is 2. The second kappa shape index (κ2) is 28.2. The first-order chi connectivity index (χ1) is 41.1. The van der Waals surface area contributed by atoms with Gasteiger partial charge in [0.05, 0.1) is 77.1 Å². The fraction of sp³-hybridized carbons (Fsp3) is 0.349. The predicted molar refractivity (Wildman–Crippen MR) is 329 cm³/mol. The molecule has 2 aliphatic heterocycles. The average Bonchev–Trinajstić information content (AvgIpc) is 1.63. The number of rotatable bonds is 15. The lowest BCUT2D eigenvalue weighted by atomic mass is 9.81. The number of nitrogens with zero attached hydrogens (tertiary/aromatic N) is 4. The standard InChI is InChI=1S/C31H35N3O6S.C27H25NO5.C4H10N2O2S.CH3F/c1-5-15-33(2)41(37,38)32-30(35)21-11-13-26-27(18-21)34-19-23(31(36)40-4)16-22-17-24(39-3)12-14-25(22)29(34)28(26)20-9-7-6-8-10-20;1-32-20-9-11-21-18(13-20)12-19(27(31)33-2)15-28-23-14-17(26(29)30)8-10-22(23)24(25(21)28)16-6-4-3-5-7-16;1-3-4-6(2)9(5,7)8;1-2/h5,11-14,16-18,20H,1,6-10,15,19H2,2-4H3,(H,32,35);8-14,16H,1,3-7,15H2,2H3;3H,1,4H2,2H3,(H2,5,7,8);1H3/p+1/i;;;1D. The first kappa shape index (κ1) is 63.0. The third-order valence-electron chi connectivity index (χ3n) is 15.8. The van der Waals surface area contributed by atoms with Crippen molar-refractivity contribution in [3.8, 4) is 34.0 Å². The van der Waals surface area contributed by atoms with Crippen molar-refractivity contribution < 1.29 is 65.5 Å². The number of benzene rings is 4. The summed E-state index contributed by atoms with van der Waals surface area (Å²) in [5.74, 6) is -0.597. The van der Waals surface area contributed by atoms with E-state index < -0.39 is 51.4 Å². The molecular weight excluding hydrogens is 1130 g/mol. The topological polar surface area (TPSA) is 250 Å². The molecule has 0 atom stereocenters. The van der Waals surface area contributed by atoms with Crippen LogP contribution in [0.25, 0.3) is 56.5 Å². The molecule has 0 radical (unpaired) electrons. The number of halogens is 1. The molecule has 19 nitrogen and oxygen atoms in total. The highest BCUT2D eigenvalue weighted by Crippen LogP contribution is 2.49. The predicted octanol–water partition coefficient (Wildman–Crippen LogP) is 10.6. The lowest BCUT2D eigenvalue weighted by Crippen LogP contribution is -2.41. The number of carboxylic acids is 1. The molecule has 452 valence electrons. The summed E-state index contributed by atoms with van der Waals surface area (Å²) in [6.07, 6.45) is 17.9. The lowest BCUT2D eigenvalue weighted by Gasteiger charge is -2.24. The number of amides is 1. The Morgan fingerprint density at radius 1 is 0.718 bits per heavy atom. The molecule has 4 aromatic carbocycles. The highest BCUT2D eigenvalue weighted by molar-refractivity contribution is 7.87. The van der Waals surface area contributed by atoms with Crippen molar-refractivity contribution in [2.45, 2.75) is 89.1 Å². The number of alkyl halides is 1. The molecule has 2 aromatic heterocycles. The highest BCUT2D eigenvalue weighted by Gasteiger charge is 2.34. The molecule has 4 heterocycles. The molecule has 22 heteroatoms. The molecule has 2 aliphatic carbocycles. The summed E-state index contributed by atoms with van der Waals surface area (Å²) in [6, 6.07) is 22.2. The van der Waals surface area contributed by atoms with E-state index in [9.17, 15) is 45.5 Å². The molecule has 2 fully saturated rings. The number of methoxy groups -OCH3 is 3. The van der Waals surface area contributed by atoms with Crippen molar-refractivity contribution >= 4 is 85.0 Å². The molecule has 85 heavy (non-hydrogen) atoms. The molecule has 4 N–H and O–H groups in total. The van der Waals surface area contributed by atoms with E-state index in [-0.39, 0.29) is 30.8 Å². The summed E-state index contributed by atoms with van der Waals surface area (Å²) in [5.41, 5.74) is 11.1. The van der Waals surface area contributed by atoms with Gasteiger partial charge < -0.3 is 28.5 Å². The van der Waals surface area contributed by atoms with E-state index in [1.54, 1.807) is 31.4 Å². The maximum Gasteiger partial charge on any atom is 0.352 e. The van der Waals surface area contributed by atoms with Crippen LogP contribution in [-0.4, -0.2) is 126 Å². The van der Waals surface area contributed by atoms with Crippen LogP contribution in [0.5, 0.6) is 11.5 Å². The van der Waals surface area contributed by atoms with Gasteiger partial charge in [-0.05, 0) is 120 Å². The Hall–Kier alpha value is -8.02. The Balaban J connectivity index is 0.000000210. The van der Waals surface area contributed by atoms with Gasteiger partial charge in [0.2, 0.25) is 0 Å². The van der Waals surface area contributed by atoms with Gasteiger partial charge in [-0.25, -0.2) is 28.7 Å². The molecular formula is C63H74FN6O13S2+. The second-order valence-electron chi connectivity index (χ2n) is 20.9. The van der Waals surface area contributed by atoms with Crippen LogP contribution >= 0.6 is 0 Å². The maximum atomic E-state index is 13.2. The Kier molecular flexibility index (Phi) is 20.9. The fourth-order valence-electron chi connectivity index (χ4n) is 11.6. The number of aromatic carboxylic acids is 1. The number of carbonyl (C=O) groups excluding carboxylic acids is 4. The van der Waals surface area contributed by atoms with E-state index >= 15 is 0 Å². The van der Waals surface area contributed by atoms with Crippen molar-refractivity contribution in [3.05, 3.63) is 143 Å². The van der Waals surface area contributed by atoms with Crippen LogP contribution in [0.15, 0.2) is 109 Å². The quantitative estimate of drug-likeness (QED) is 0.0493. The zero-order valence-electron chi connectivity index (χ0n) is 49.5. The van der Waals surface area contributed by atoms with Crippen molar-refractivity contribution in [2.24, 2.45) is 5.14 Å². The van der Waals surface area contributed by atoms with Crippen LogP contribution in [0.2, 0.25) is 0 Å². The molecule has 0 saturated heterocycles. The number of nitrogens with one attached hydrogen (secondary N) is 1. The minimum absolute atomic E-state index is 0.0610. The second-order valence-corrected chi connectivity index (χ2v) is 24.4. The van der Waals surface area contributed by atoms with Crippen LogP contribution in [-0.2, 0) is 57.0 Å². The molecule has 0 unspecified atom stereocenters. The number of hydrogen-bond acceptors (Lipinski definition) is 11. The van der Waals surface area contributed by atoms with Gasteiger partial charge in [0.15, 0.2) is 0 Å². The van der Waals surface area contributed by atoms with Crippen LogP contribution < -0.4 is 14.6 Å². The first-order valence-electron chi connectivity index (χ1n) is 28.3. The number of nitrogens with two attached hydrogens (primary N) is 1. The zero-order chi connectivity index (χ0) is 62.6. The van der Waals surface area contributed by atoms with Crippen molar-refractivity contribution in [3.63, 3.8) is 0 Å². The first-order valence-corrected chi connectivity index (χ1v) is 30.5. The van der Waals surface area contributed by atoms with Crippen LogP contribution in [0, 0.1) is 0 Å². The normalized spacial score (nSPS) is 15.1. The number of carbonyl (C=O) groups is 4. The summed E-state index contributed by atoms with van der Waals surface area (Å²) < 4.78 is 90.8. The van der Waals surface area contributed by atoms with Gasteiger partial charge in [-0.1, -0.05) is 62.8 Å². The fourth-order valence-corrected chi connectivity index (χ4v) is 12.8. The Morgan fingerprint density at radius 2 is 1.18 bits per heavy atom. The molecule has 2 saturated carbocycles. The van der Waals surface area contributed by atoms with Crippen LogP contribution in [0.1, 0.15) is 120 Å².